The van der Waals surface area contributed by atoms with Crippen LogP contribution in [0.4, 0.5) is 5.88 Å². The van der Waals surface area contributed by atoms with Gasteiger partial charge in [0, 0.05) is 23.1 Å². The van der Waals surface area contributed by atoms with Crippen molar-refractivity contribution in [3.8, 4) is 23.2 Å². The number of nitrogens with zero attached hydrogens (tertiary/aromatic N) is 5. The highest BCUT2D eigenvalue weighted by Crippen LogP contribution is 2.40. The average molecular weight is 506 g/mol. The lowest BCUT2D eigenvalue weighted by Gasteiger charge is -2.31. The number of nitriles is 1. The Hall–Kier alpha value is -4.15. The summed E-state index contributed by atoms with van der Waals surface area (Å²) in [6.45, 7) is 5.90. The number of piperidine rings is 1. The molecule has 38 heavy (non-hydrogen) atoms. The van der Waals surface area contributed by atoms with Gasteiger partial charge in [-0.15, -0.1) is 0 Å². The van der Waals surface area contributed by atoms with E-state index in [0.717, 1.165) is 59.8 Å². The molecule has 7 nitrogen and oxygen atoms in total. The smallest absolute Gasteiger partial charge is 0.204 e. The van der Waals surface area contributed by atoms with Crippen molar-refractivity contribution < 1.29 is 9.15 Å². The zero-order valence-electron chi connectivity index (χ0n) is 21.8. The van der Waals surface area contributed by atoms with E-state index in [4.69, 9.17) is 9.15 Å². The predicted molar refractivity (Wildman–Crippen MR) is 149 cm³/mol. The van der Waals surface area contributed by atoms with Crippen molar-refractivity contribution in [2.45, 2.75) is 25.8 Å². The number of hydrogen-bond donors (Lipinski definition) is 0. The minimum atomic E-state index is 0.0618. The van der Waals surface area contributed by atoms with Crippen LogP contribution in [0.25, 0.3) is 28.4 Å². The van der Waals surface area contributed by atoms with Gasteiger partial charge >= 0.3 is 0 Å². The SMILES string of the molecule is CC(c1cccc(-c2ncc(OCC3CCN(C)CC3)cn2)c1)N1CC=Cc2c1oc1ccc(C#N)cc21. The number of furan rings is 1. The van der Waals surface area contributed by atoms with E-state index in [1.54, 1.807) is 18.5 Å². The molecule has 1 unspecified atom stereocenters. The molecule has 0 saturated carbocycles. The molecule has 4 heterocycles. The van der Waals surface area contributed by atoms with Crippen LogP contribution in [0.15, 0.2) is 65.4 Å². The van der Waals surface area contributed by atoms with Gasteiger partial charge in [0.25, 0.3) is 0 Å². The van der Waals surface area contributed by atoms with E-state index in [0.29, 0.717) is 23.1 Å². The highest BCUT2D eigenvalue weighted by atomic mass is 16.5. The first kappa shape index (κ1) is 24.2. The number of ether oxygens (including phenoxy) is 1. The molecule has 2 aliphatic rings. The predicted octanol–water partition coefficient (Wildman–Crippen LogP) is 6.08. The summed E-state index contributed by atoms with van der Waals surface area (Å²) in [6.07, 6.45) is 10.1. The first-order valence-electron chi connectivity index (χ1n) is 13.2. The Morgan fingerprint density at radius 1 is 1.13 bits per heavy atom. The van der Waals surface area contributed by atoms with Gasteiger partial charge in [0.2, 0.25) is 5.88 Å². The van der Waals surface area contributed by atoms with Crippen LogP contribution in [0, 0.1) is 17.2 Å². The summed E-state index contributed by atoms with van der Waals surface area (Å²) in [7, 11) is 2.17. The highest BCUT2D eigenvalue weighted by Gasteiger charge is 2.26. The van der Waals surface area contributed by atoms with E-state index in [9.17, 15) is 5.26 Å². The summed E-state index contributed by atoms with van der Waals surface area (Å²) in [5.74, 6) is 2.82. The fourth-order valence-corrected chi connectivity index (χ4v) is 5.35. The fourth-order valence-electron chi connectivity index (χ4n) is 5.35. The van der Waals surface area contributed by atoms with E-state index in [1.807, 2.05) is 24.3 Å². The van der Waals surface area contributed by atoms with Crippen molar-refractivity contribution in [2.24, 2.45) is 5.92 Å². The molecule has 1 fully saturated rings. The summed E-state index contributed by atoms with van der Waals surface area (Å²) >= 11 is 0. The molecule has 4 aromatic rings. The van der Waals surface area contributed by atoms with Crippen LogP contribution in [-0.4, -0.2) is 48.2 Å². The first-order chi connectivity index (χ1) is 18.6. The number of hydrogen-bond acceptors (Lipinski definition) is 7. The second-order valence-electron chi connectivity index (χ2n) is 10.3. The number of fused-ring (bicyclic) bond motifs is 3. The van der Waals surface area contributed by atoms with E-state index >= 15 is 0 Å². The quantitative estimate of drug-likeness (QED) is 0.314. The lowest BCUT2D eigenvalue weighted by molar-refractivity contribution is 0.159. The minimum Gasteiger partial charge on any atom is -0.490 e. The standard InChI is InChI=1S/C31H31N5O2/c1-21(36-12-4-7-27-28-15-23(17-32)8-9-29(28)38-31(27)36)24-5-3-6-25(16-24)30-33-18-26(19-34-30)37-20-22-10-13-35(2)14-11-22/h3-9,15-16,18-19,21-22H,10-14,20H2,1-2H3. The molecule has 1 saturated heterocycles. The fraction of sp³-hybridized carbons (Fsp3) is 0.323. The Labute approximate surface area is 223 Å². The van der Waals surface area contributed by atoms with Crippen LogP contribution in [-0.2, 0) is 0 Å². The van der Waals surface area contributed by atoms with E-state index in [-0.39, 0.29) is 6.04 Å². The van der Waals surface area contributed by atoms with Gasteiger partial charge < -0.3 is 19.0 Å². The molecule has 0 radical (unpaired) electrons. The van der Waals surface area contributed by atoms with Gasteiger partial charge in [0.15, 0.2) is 11.6 Å². The molecular formula is C31H31N5O2. The lowest BCUT2D eigenvalue weighted by atomic mass is 9.98. The molecule has 2 aliphatic heterocycles. The maximum absolute atomic E-state index is 9.32. The van der Waals surface area contributed by atoms with Crippen LogP contribution < -0.4 is 9.64 Å². The molecular weight excluding hydrogens is 474 g/mol. The molecule has 0 amide bonds. The Morgan fingerprint density at radius 3 is 2.74 bits per heavy atom. The third-order valence-corrected chi connectivity index (χ3v) is 7.73. The summed E-state index contributed by atoms with van der Waals surface area (Å²) in [5.41, 5.74) is 4.55. The van der Waals surface area contributed by atoms with Crippen LogP contribution in [0.5, 0.6) is 5.75 Å². The summed E-state index contributed by atoms with van der Waals surface area (Å²) in [4.78, 5) is 13.8. The number of aromatic nitrogens is 2. The highest BCUT2D eigenvalue weighted by molar-refractivity contribution is 5.94. The van der Waals surface area contributed by atoms with Gasteiger partial charge in [-0.25, -0.2) is 9.97 Å². The van der Waals surface area contributed by atoms with Gasteiger partial charge in [-0.05, 0) is 75.6 Å². The average Bonchev–Trinajstić information content (AvgIpc) is 3.35. The molecule has 1 atom stereocenters. The Morgan fingerprint density at radius 2 is 1.95 bits per heavy atom. The third kappa shape index (κ3) is 4.75. The second kappa shape index (κ2) is 10.3. The Kier molecular flexibility index (Phi) is 6.57. The first-order valence-corrected chi connectivity index (χ1v) is 13.2. The number of likely N-dealkylation sites (tertiary alicyclic amines) is 1. The molecule has 192 valence electrons. The summed E-state index contributed by atoms with van der Waals surface area (Å²) in [6, 6.07) is 16.2. The van der Waals surface area contributed by atoms with Gasteiger partial charge in [-0.1, -0.05) is 30.4 Å². The van der Waals surface area contributed by atoms with Crippen LogP contribution in [0.1, 0.15) is 42.5 Å². The number of benzene rings is 2. The van der Waals surface area contributed by atoms with Crippen molar-refractivity contribution in [2.75, 3.05) is 38.2 Å². The van der Waals surface area contributed by atoms with Gasteiger partial charge in [0.05, 0.1) is 36.7 Å². The molecule has 2 aromatic heterocycles. The molecule has 0 aliphatic carbocycles. The van der Waals surface area contributed by atoms with E-state index in [1.165, 1.54) is 12.8 Å². The van der Waals surface area contributed by atoms with Gasteiger partial charge in [0.1, 0.15) is 5.58 Å². The molecule has 0 bridgehead atoms. The molecule has 0 N–H and O–H groups in total. The van der Waals surface area contributed by atoms with E-state index < -0.39 is 0 Å². The zero-order valence-corrected chi connectivity index (χ0v) is 21.8. The van der Waals surface area contributed by atoms with Crippen molar-refractivity contribution in [3.63, 3.8) is 0 Å². The van der Waals surface area contributed by atoms with Crippen LogP contribution in [0.2, 0.25) is 0 Å². The zero-order chi connectivity index (χ0) is 26.1. The summed E-state index contributed by atoms with van der Waals surface area (Å²) < 4.78 is 12.3. The van der Waals surface area contributed by atoms with E-state index in [2.05, 4.69) is 64.1 Å². The monoisotopic (exact) mass is 505 g/mol. The lowest BCUT2D eigenvalue weighted by Crippen LogP contribution is -2.32. The van der Waals surface area contributed by atoms with Crippen molar-refractivity contribution >= 4 is 22.9 Å². The third-order valence-electron chi connectivity index (χ3n) is 7.73. The maximum Gasteiger partial charge on any atom is 0.204 e. The Balaban J connectivity index is 1.18. The van der Waals surface area contributed by atoms with Crippen LogP contribution in [0.3, 0.4) is 0 Å². The number of rotatable bonds is 6. The molecule has 0 spiro atoms. The number of anilines is 1. The molecule has 2 aromatic carbocycles. The van der Waals surface area contributed by atoms with Gasteiger partial charge in [-0.3, -0.25) is 0 Å². The van der Waals surface area contributed by atoms with Crippen molar-refractivity contribution in [1.29, 1.82) is 5.26 Å². The molecule has 7 heteroatoms. The van der Waals surface area contributed by atoms with Gasteiger partial charge in [-0.2, -0.15) is 5.26 Å². The second-order valence-corrected chi connectivity index (χ2v) is 10.3. The largest absolute Gasteiger partial charge is 0.490 e. The minimum absolute atomic E-state index is 0.0618. The topological polar surface area (TPSA) is 78.4 Å². The Bertz CT molecular complexity index is 1510. The maximum atomic E-state index is 9.32. The van der Waals surface area contributed by atoms with Crippen molar-refractivity contribution in [1.82, 2.24) is 14.9 Å². The normalized spacial score (nSPS) is 16.8. The summed E-state index contributed by atoms with van der Waals surface area (Å²) in [5, 5.41) is 10.3. The van der Waals surface area contributed by atoms with Crippen LogP contribution >= 0.6 is 0 Å². The van der Waals surface area contributed by atoms with Crippen molar-refractivity contribution in [3.05, 3.63) is 77.6 Å². The molecule has 6 rings (SSSR count).